The molecule has 0 aliphatic rings. The van der Waals surface area contributed by atoms with E-state index in [2.05, 4.69) is 4.72 Å². The minimum Gasteiger partial charge on any atom is -0.280 e. The fraction of sp³-hybridized carbons (Fsp3) is 0.133. The van der Waals surface area contributed by atoms with Gasteiger partial charge >= 0.3 is 0 Å². The molecule has 0 saturated heterocycles. The molecule has 0 aromatic heterocycles. The number of halogens is 1. The lowest BCUT2D eigenvalue weighted by atomic mass is 10.2. The van der Waals surface area contributed by atoms with E-state index >= 15 is 0 Å². The molecule has 1 N–H and O–H groups in total. The number of hydrogen-bond donors (Lipinski definition) is 1. The fourth-order valence-electron chi connectivity index (χ4n) is 1.89. The summed E-state index contributed by atoms with van der Waals surface area (Å²) in [5.41, 5.74) is 1.53. The highest BCUT2D eigenvalue weighted by molar-refractivity contribution is 7.92. The van der Waals surface area contributed by atoms with E-state index in [0.717, 1.165) is 11.6 Å². The second-order valence-corrected chi connectivity index (χ2v) is 6.28. The van der Waals surface area contributed by atoms with Gasteiger partial charge in [-0.05, 0) is 48.4 Å². The molecule has 0 radical (unpaired) electrons. The van der Waals surface area contributed by atoms with Crippen LogP contribution in [0.25, 0.3) is 0 Å². The Balaban J connectivity index is 2.27. The van der Waals surface area contributed by atoms with Gasteiger partial charge in [-0.2, -0.15) is 5.26 Å². The van der Waals surface area contributed by atoms with Gasteiger partial charge in [0.1, 0.15) is 5.82 Å². The molecule has 0 unspecified atom stereocenters. The third-order valence-corrected chi connectivity index (χ3v) is 4.21. The predicted octanol–water partition coefficient (Wildman–Crippen LogP) is 3.00. The molecule has 0 spiro atoms. The van der Waals surface area contributed by atoms with Crippen molar-refractivity contribution >= 4 is 15.7 Å². The van der Waals surface area contributed by atoms with Crippen LogP contribution in [-0.4, -0.2) is 8.42 Å². The molecule has 0 amide bonds. The largest absolute Gasteiger partial charge is 0.280 e. The van der Waals surface area contributed by atoms with Crippen molar-refractivity contribution in [3.8, 4) is 6.07 Å². The van der Waals surface area contributed by atoms with Crippen molar-refractivity contribution in [1.82, 2.24) is 0 Å². The Morgan fingerprint density at radius 3 is 2.43 bits per heavy atom. The maximum absolute atomic E-state index is 13.3. The van der Waals surface area contributed by atoms with Crippen LogP contribution in [-0.2, 0) is 16.4 Å². The number of nitrogens with zero attached hydrogens (tertiary/aromatic N) is 1. The molecule has 2 rings (SSSR count). The van der Waals surface area contributed by atoms with E-state index in [1.165, 1.54) is 18.2 Å². The molecule has 0 aliphatic heterocycles. The number of hydrogen-bond acceptors (Lipinski definition) is 3. The number of sulfonamides is 1. The Kier molecular flexibility index (Phi) is 4.24. The van der Waals surface area contributed by atoms with Gasteiger partial charge in [0.2, 0.25) is 0 Å². The number of aryl methyl sites for hydroxylation is 1. The summed E-state index contributed by atoms with van der Waals surface area (Å²) in [6.45, 7) is 1.68. The first-order chi connectivity index (χ1) is 9.90. The molecular formula is C15H13FN2O2S. The zero-order valence-electron chi connectivity index (χ0n) is 11.3. The molecule has 108 valence electrons. The molecule has 0 fully saturated rings. The van der Waals surface area contributed by atoms with E-state index in [1.54, 1.807) is 25.1 Å². The van der Waals surface area contributed by atoms with Crippen molar-refractivity contribution in [2.75, 3.05) is 4.72 Å². The first-order valence-corrected chi connectivity index (χ1v) is 7.65. The molecule has 0 bridgehead atoms. The summed E-state index contributed by atoms with van der Waals surface area (Å²) < 4.78 is 40.0. The van der Waals surface area contributed by atoms with Crippen molar-refractivity contribution < 1.29 is 12.8 Å². The van der Waals surface area contributed by atoms with Crippen molar-refractivity contribution in [1.29, 1.82) is 5.26 Å². The van der Waals surface area contributed by atoms with E-state index in [-0.39, 0.29) is 17.0 Å². The van der Waals surface area contributed by atoms with Crippen LogP contribution in [0, 0.1) is 24.1 Å². The normalized spacial score (nSPS) is 10.9. The predicted molar refractivity (Wildman–Crippen MR) is 77.7 cm³/mol. The number of nitrogens with one attached hydrogen (secondary N) is 1. The number of anilines is 1. The quantitative estimate of drug-likeness (QED) is 0.944. The van der Waals surface area contributed by atoms with Crippen LogP contribution in [0.1, 0.15) is 11.1 Å². The van der Waals surface area contributed by atoms with Crippen molar-refractivity contribution in [2.24, 2.45) is 0 Å². The lowest BCUT2D eigenvalue weighted by Crippen LogP contribution is -2.13. The number of rotatable bonds is 4. The summed E-state index contributed by atoms with van der Waals surface area (Å²) in [5.74, 6) is -0.503. The Hall–Kier alpha value is -2.39. The first kappa shape index (κ1) is 15.0. The van der Waals surface area contributed by atoms with E-state index < -0.39 is 15.8 Å². The maximum Gasteiger partial charge on any atom is 0.261 e. The Morgan fingerprint density at radius 2 is 1.86 bits per heavy atom. The van der Waals surface area contributed by atoms with Crippen molar-refractivity contribution in [2.45, 2.75) is 18.2 Å². The third kappa shape index (κ3) is 3.80. The second-order valence-electron chi connectivity index (χ2n) is 4.60. The van der Waals surface area contributed by atoms with Crippen molar-refractivity contribution in [3.63, 3.8) is 0 Å². The molecule has 0 atom stereocenters. The molecule has 0 heterocycles. The standard InChI is InChI=1S/C15H13FN2O2S/c1-11-8-13(16)10-14(9-11)18-21(19,20)15-4-2-12(3-5-15)6-7-17/h2-5,8-10,18H,6H2,1H3. The van der Waals surface area contributed by atoms with E-state index in [4.69, 9.17) is 5.26 Å². The van der Waals surface area contributed by atoms with Gasteiger partial charge in [0.25, 0.3) is 10.0 Å². The molecule has 0 saturated carbocycles. The van der Waals surface area contributed by atoms with Crippen LogP contribution in [0.15, 0.2) is 47.4 Å². The van der Waals surface area contributed by atoms with Gasteiger partial charge in [-0.25, -0.2) is 12.8 Å². The van der Waals surface area contributed by atoms with Crippen LogP contribution in [0.2, 0.25) is 0 Å². The minimum absolute atomic E-state index is 0.0612. The summed E-state index contributed by atoms with van der Waals surface area (Å²) in [6.07, 6.45) is 0.219. The second kappa shape index (κ2) is 5.94. The maximum atomic E-state index is 13.3. The molecule has 2 aromatic carbocycles. The SMILES string of the molecule is Cc1cc(F)cc(NS(=O)(=O)c2ccc(CC#N)cc2)c1. The molecule has 4 nitrogen and oxygen atoms in total. The lowest BCUT2D eigenvalue weighted by Gasteiger charge is -2.09. The average Bonchev–Trinajstić information content (AvgIpc) is 2.38. The lowest BCUT2D eigenvalue weighted by molar-refractivity contribution is 0.601. The van der Waals surface area contributed by atoms with E-state index in [1.807, 2.05) is 6.07 Å². The number of benzene rings is 2. The van der Waals surface area contributed by atoms with E-state index in [0.29, 0.717) is 5.56 Å². The Bertz CT molecular complexity index is 773. The molecular weight excluding hydrogens is 291 g/mol. The summed E-state index contributed by atoms with van der Waals surface area (Å²) >= 11 is 0. The number of nitriles is 1. The summed E-state index contributed by atoms with van der Waals surface area (Å²) in [4.78, 5) is 0.0612. The monoisotopic (exact) mass is 304 g/mol. The fourth-order valence-corrected chi connectivity index (χ4v) is 2.93. The zero-order chi connectivity index (χ0) is 15.5. The first-order valence-electron chi connectivity index (χ1n) is 6.16. The van der Waals surface area contributed by atoms with Gasteiger partial charge in [-0.1, -0.05) is 12.1 Å². The molecule has 0 aliphatic carbocycles. The Morgan fingerprint density at radius 1 is 1.19 bits per heavy atom. The van der Waals surface area contributed by atoms with Crippen LogP contribution in [0.3, 0.4) is 0 Å². The van der Waals surface area contributed by atoms with Crippen LogP contribution in [0.4, 0.5) is 10.1 Å². The van der Waals surface area contributed by atoms with Gasteiger partial charge in [0, 0.05) is 0 Å². The van der Waals surface area contributed by atoms with Crippen LogP contribution in [0.5, 0.6) is 0 Å². The van der Waals surface area contributed by atoms with Gasteiger partial charge in [-0.3, -0.25) is 4.72 Å². The van der Waals surface area contributed by atoms with Crippen LogP contribution < -0.4 is 4.72 Å². The summed E-state index contributed by atoms with van der Waals surface area (Å²) in [7, 11) is -3.78. The summed E-state index contributed by atoms with van der Waals surface area (Å²) in [6, 6.07) is 12.0. The smallest absolute Gasteiger partial charge is 0.261 e. The zero-order valence-corrected chi connectivity index (χ0v) is 12.1. The molecule has 6 heteroatoms. The highest BCUT2D eigenvalue weighted by Gasteiger charge is 2.14. The van der Waals surface area contributed by atoms with Crippen molar-refractivity contribution in [3.05, 3.63) is 59.4 Å². The topological polar surface area (TPSA) is 70.0 Å². The average molecular weight is 304 g/mol. The highest BCUT2D eigenvalue weighted by Crippen LogP contribution is 2.19. The van der Waals surface area contributed by atoms with E-state index in [9.17, 15) is 12.8 Å². The summed E-state index contributed by atoms with van der Waals surface area (Å²) in [5, 5.41) is 8.58. The van der Waals surface area contributed by atoms with Crippen LogP contribution >= 0.6 is 0 Å². The third-order valence-electron chi connectivity index (χ3n) is 2.81. The van der Waals surface area contributed by atoms with Gasteiger partial charge in [-0.15, -0.1) is 0 Å². The Labute approximate surface area is 122 Å². The molecule has 2 aromatic rings. The molecule has 21 heavy (non-hydrogen) atoms. The van der Waals surface area contributed by atoms with Gasteiger partial charge in [0.15, 0.2) is 0 Å². The van der Waals surface area contributed by atoms with Gasteiger partial charge < -0.3 is 0 Å². The minimum atomic E-state index is -3.78. The highest BCUT2D eigenvalue weighted by atomic mass is 32.2. The van der Waals surface area contributed by atoms with Gasteiger partial charge in [0.05, 0.1) is 23.1 Å².